The van der Waals surface area contributed by atoms with Crippen LogP contribution in [-0.2, 0) is 11.3 Å². The van der Waals surface area contributed by atoms with E-state index in [1.807, 2.05) is 16.8 Å². The van der Waals surface area contributed by atoms with Gasteiger partial charge in [0.25, 0.3) is 5.91 Å². The number of carbonyl (C=O) groups excluding carboxylic acids is 3. The van der Waals surface area contributed by atoms with Crippen LogP contribution >= 0.6 is 11.3 Å². The van der Waals surface area contributed by atoms with Crippen molar-refractivity contribution < 1.29 is 19.1 Å². The van der Waals surface area contributed by atoms with E-state index in [9.17, 15) is 14.4 Å². The fourth-order valence-electron chi connectivity index (χ4n) is 4.80. The number of anilines is 1. The molecule has 1 unspecified atom stereocenters. The SMILES string of the molecule is O=C(Nc1cccc2c1C(=O)C1=C(c3ccc(C(=O)NCCCn4ccnc4)s3)N=NC12)NN1CCOCC1. The molecule has 3 amide bonds. The number of ketones is 1. The highest BCUT2D eigenvalue weighted by molar-refractivity contribution is 7.15. The topological polar surface area (TPSA) is 142 Å². The van der Waals surface area contributed by atoms with Crippen LogP contribution in [0.4, 0.5) is 10.5 Å². The van der Waals surface area contributed by atoms with Gasteiger partial charge in [0.1, 0.15) is 11.7 Å². The second kappa shape index (κ2) is 10.9. The lowest BCUT2D eigenvalue weighted by atomic mass is 10.1. The van der Waals surface area contributed by atoms with Gasteiger partial charge in [-0.1, -0.05) is 12.1 Å². The molecule has 3 N–H and O–H groups in total. The average molecular weight is 547 g/mol. The Hall–Kier alpha value is -4.20. The summed E-state index contributed by atoms with van der Waals surface area (Å²) in [6, 6.07) is 7.88. The molecule has 1 aromatic carbocycles. The van der Waals surface area contributed by atoms with Crippen LogP contribution in [0.25, 0.3) is 5.70 Å². The van der Waals surface area contributed by atoms with Crippen LogP contribution in [0.5, 0.6) is 0 Å². The Morgan fingerprint density at radius 1 is 1.15 bits per heavy atom. The summed E-state index contributed by atoms with van der Waals surface area (Å²) in [5.41, 5.74) is 5.25. The third-order valence-corrected chi connectivity index (χ3v) is 7.78. The monoisotopic (exact) mass is 546 g/mol. The molecule has 13 heteroatoms. The summed E-state index contributed by atoms with van der Waals surface area (Å²) in [5, 5.41) is 16.2. The molecule has 1 saturated heterocycles. The molecule has 0 bridgehead atoms. The van der Waals surface area contributed by atoms with E-state index in [0.717, 1.165) is 13.0 Å². The number of benzene rings is 1. The summed E-state index contributed by atoms with van der Waals surface area (Å²) in [5.74, 6) is -0.399. The number of hydrogen-bond donors (Lipinski definition) is 3. The number of azo groups is 1. The molecule has 1 aliphatic carbocycles. The van der Waals surface area contributed by atoms with Gasteiger partial charge in [-0.05, 0) is 30.2 Å². The third-order valence-electron chi connectivity index (χ3n) is 6.68. The predicted octanol–water partition coefficient (Wildman–Crippen LogP) is 3.25. The number of imidazole rings is 1. The average Bonchev–Trinajstić information content (AvgIpc) is 3.74. The molecule has 1 fully saturated rings. The Morgan fingerprint density at radius 3 is 2.85 bits per heavy atom. The quantitative estimate of drug-likeness (QED) is 0.370. The molecule has 6 rings (SSSR count). The first-order valence-electron chi connectivity index (χ1n) is 12.7. The van der Waals surface area contributed by atoms with Gasteiger partial charge in [-0.15, -0.1) is 11.3 Å². The maximum atomic E-state index is 13.6. The molecule has 3 aliphatic rings. The Balaban J connectivity index is 1.15. The Morgan fingerprint density at radius 2 is 2.03 bits per heavy atom. The van der Waals surface area contributed by atoms with Crippen molar-refractivity contribution in [1.29, 1.82) is 0 Å². The number of ether oxygens (including phenoxy) is 1. The predicted molar refractivity (Wildman–Crippen MR) is 143 cm³/mol. The number of carbonyl (C=O) groups is 3. The molecule has 39 heavy (non-hydrogen) atoms. The van der Waals surface area contributed by atoms with E-state index in [0.29, 0.717) is 70.7 Å². The summed E-state index contributed by atoms with van der Waals surface area (Å²) in [6.07, 6.45) is 6.13. The minimum atomic E-state index is -0.533. The first kappa shape index (κ1) is 25.1. The third kappa shape index (κ3) is 5.11. The second-order valence-electron chi connectivity index (χ2n) is 9.22. The van der Waals surface area contributed by atoms with Gasteiger partial charge in [0.05, 0.1) is 46.1 Å². The summed E-state index contributed by atoms with van der Waals surface area (Å²) in [6.45, 7) is 3.56. The summed E-state index contributed by atoms with van der Waals surface area (Å²) in [4.78, 5) is 44.2. The van der Waals surface area contributed by atoms with Crippen LogP contribution in [0.15, 0.2) is 64.9 Å². The van der Waals surface area contributed by atoms with Gasteiger partial charge in [0.2, 0.25) is 0 Å². The molecular formula is C26H26N8O4S. The lowest BCUT2D eigenvalue weighted by molar-refractivity contribution is 0.0207. The standard InChI is InChI=1S/C26H26N8O4S/c35-24-20-16(3-1-4-17(20)29-26(37)32-34-11-13-38-14-12-34)22-21(24)23(31-30-22)18-5-6-19(39-18)25(36)28-7-2-9-33-10-8-27-15-33/h1,3-6,8,10,15,22H,2,7,9,11-14H2,(H,28,36)(H2,29,32,37). The van der Waals surface area contributed by atoms with E-state index in [4.69, 9.17) is 4.74 Å². The normalized spacial score (nSPS) is 18.3. The molecule has 3 aromatic rings. The number of hydrogen-bond acceptors (Lipinski definition) is 9. The maximum Gasteiger partial charge on any atom is 0.333 e. The number of fused-ring (bicyclic) bond motifs is 3. The molecule has 0 spiro atoms. The van der Waals surface area contributed by atoms with Gasteiger partial charge < -0.3 is 19.9 Å². The van der Waals surface area contributed by atoms with E-state index in [-0.39, 0.29) is 11.7 Å². The molecule has 2 aromatic heterocycles. The number of aryl methyl sites for hydroxylation is 1. The largest absolute Gasteiger partial charge is 0.379 e. The highest BCUT2D eigenvalue weighted by Gasteiger charge is 2.42. The van der Waals surface area contributed by atoms with Gasteiger partial charge in [-0.3, -0.25) is 15.0 Å². The van der Waals surface area contributed by atoms with E-state index in [1.165, 1.54) is 11.3 Å². The summed E-state index contributed by atoms with van der Waals surface area (Å²) < 4.78 is 7.26. The van der Waals surface area contributed by atoms with Crippen molar-refractivity contribution in [2.75, 3.05) is 38.2 Å². The molecule has 200 valence electrons. The number of aromatic nitrogens is 2. The highest BCUT2D eigenvalue weighted by Crippen LogP contribution is 2.49. The fourth-order valence-corrected chi connectivity index (χ4v) is 5.73. The molecule has 4 heterocycles. The summed E-state index contributed by atoms with van der Waals surface area (Å²) >= 11 is 1.27. The number of thiophene rings is 1. The van der Waals surface area contributed by atoms with Crippen molar-refractivity contribution in [1.82, 2.24) is 25.3 Å². The van der Waals surface area contributed by atoms with Crippen LogP contribution in [-0.4, -0.2) is 65.1 Å². The number of nitrogens with one attached hydrogen (secondary N) is 3. The van der Waals surface area contributed by atoms with Gasteiger partial charge in [0, 0.05) is 38.6 Å². The van der Waals surface area contributed by atoms with E-state index in [2.05, 4.69) is 31.3 Å². The first-order valence-corrected chi connectivity index (χ1v) is 13.5. The molecule has 1 atom stereocenters. The number of urea groups is 1. The fraction of sp³-hybridized carbons (Fsp3) is 0.308. The van der Waals surface area contributed by atoms with Gasteiger partial charge >= 0.3 is 6.03 Å². The number of Topliss-reactive ketones (excluding diaryl/α,β-unsaturated/α-hetero) is 1. The van der Waals surface area contributed by atoms with E-state index < -0.39 is 12.1 Å². The van der Waals surface area contributed by atoms with Crippen molar-refractivity contribution >= 4 is 40.4 Å². The van der Waals surface area contributed by atoms with Crippen molar-refractivity contribution in [3.8, 4) is 0 Å². The van der Waals surface area contributed by atoms with Gasteiger partial charge in [0.15, 0.2) is 5.78 Å². The van der Waals surface area contributed by atoms with Crippen LogP contribution in [0.1, 0.15) is 42.9 Å². The van der Waals surface area contributed by atoms with E-state index >= 15 is 0 Å². The highest BCUT2D eigenvalue weighted by atomic mass is 32.1. The van der Waals surface area contributed by atoms with Crippen LogP contribution in [0.2, 0.25) is 0 Å². The number of nitrogens with zero attached hydrogens (tertiary/aromatic N) is 5. The number of amides is 3. The van der Waals surface area contributed by atoms with Crippen LogP contribution in [0, 0.1) is 0 Å². The molecule has 12 nitrogen and oxygen atoms in total. The molecule has 2 aliphatic heterocycles. The zero-order valence-corrected chi connectivity index (χ0v) is 21.7. The Labute approximate surface area is 227 Å². The number of morpholine rings is 1. The summed E-state index contributed by atoms with van der Waals surface area (Å²) in [7, 11) is 0. The second-order valence-corrected chi connectivity index (χ2v) is 10.3. The lowest BCUT2D eigenvalue weighted by Gasteiger charge is -2.27. The Kier molecular flexibility index (Phi) is 7.00. The minimum Gasteiger partial charge on any atom is -0.379 e. The minimum absolute atomic E-state index is 0.173. The number of rotatable bonds is 8. The van der Waals surface area contributed by atoms with Crippen molar-refractivity contribution in [2.24, 2.45) is 10.2 Å². The number of hydrazine groups is 1. The zero-order chi connectivity index (χ0) is 26.8. The first-order chi connectivity index (χ1) is 19.1. The van der Waals surface area contributed by atoms with Gasteiger partial charge in [-0.2, -0.15) is 10.2 Å². The van der Waals surface area contributed by atoms with Crippen molar-refractivity contribution in [3.63, 3.8) is 0 Å². The molecule has 0 radical (unpaired) electrons. The van der Waals surface area contributed by atoms with Crippen LogP contribution < -0.4 is 16.1 Å². The van der Waals surface area contributed by atoms with Crippen molar-refractivity contribution in [2.45, 2.75) is 19.0 Å². The smallest absolute Gasteiger partial charge is 0.333 e. The van der Waals surface area contributed by atoms with E-state index in [1.54, 1.807) is 41.8 Å². The zero-order valence-electron chi connectivity index (χ0n) is 20.9. The van der Waals surface area contributed by atoms with Gasteiger partial charge in [-0.25, -0.2) is 14.8 Å². The molecule has 0 saturated carbocycles. The van der Waals surface area contributed by atoms with Crippen molar-refractivity contribution in [3.05, 3.63) is 75.5 Å². The Bertz CT molecular complexity index is 1470. The molecular weight excluding hydrogens is 520 g/mol. The maximum absolute atomic E-state index is 13.6. The van der Waals surface area contributed by atoms with Crippen LogP contribution in [0.3, 0.4) is 0 Å². The lowest BCUT2D eigenvalue weighted by Crippen LogP contribution is -2.49.